The Balaban J connectivity index is 1.95. The first-order valence-electron chi connectivity index (χ1n) is 5.42. The van der Waals surface area contributed by atoms with Crippen LogP contribution in [-0.4, -0.2) is 10.2 Å². The lowest BCUT2D eigenvalue weighted by Gasteiger charge is -2.07. The van der Waals surface area contributed by atoms with E-state index in [4.69, 9.17) is 14.9 Å². The molecule has 2 N–H and O–H groups in total. The lowest BCUT2D eigenvalue weighted by molar-refractivity contribution is 0.260. The lowest BCUT2D eigenvalue weighted by Crippen LogP contribution is -2.04. The standard InChI is InChI=1S/C12H15N3O2/c1-8(13)10-3-5-11(6-4-10)16-7-12-15-14-9(2)17-12/h3-6,8H,7,13H2,1-2H3. The molecule has 0 saturated carbocycles. The molecule has 5 nitrogen and oxygen atoms in total. The Bertz CT molecular complexity index is 477. The number of rotatable bonds is 4. The average Bonchev–Trinajstić information content (AvgIpc) is 2.73. The Hall–Kier alpha value is -1.88. The van der Waals surface area contributed by atoms with Crippen LogP contribution in [0.2, 0.25) is 0 Å². The Morgan fingerprint density at radius 1 is 1.29 bits per heavy atom. The first kappa shape index (κ1) is 11.6. The molecule has 0 fully saturated rings. The van der Waals surface area contributed by atoms with Gasteiger partial charge in [-0.25, -0.2) is 0 Å². The highest BCUT2D eigenvalue weighted by Crippen LogP contribution is 2.17. The van der Waals surface area contributed by atoms with Gasteiger partial charge in [0.05, 0.1) is 0 Å². The van der Waals surface area contributed by atoms with E-state index in [2.05, 4.69) is 10.2 Å². The number of aromatic nitrogens is 2. The minimum atomic E-state index is 0.0302. The number of hydrogen-bond acceptors (Lipinski definition) is 5. The molecular weight excluding hydrogens is 218 g/mol. The van der Waals surface area contributed by atoms with Gasteiger partial charge in [0.15, 0.2) is 6.61 Å². The van der Waals surface area contributed by atoms with Crippen LogP contribution in [0.15, 0.2) is 28.7 Å². The molecule has 2 aromatic rings. The summed E-state index contributed by atoms with van der Waals surface area (Å²) in [6.45, 7) is 3.96. The summed E-state index contributed by atoms with van der Waals surface area (Å²) in [6, 6.07) is 7.67. The van der Waals surface area contributed by atoms with Crippen LogP contribution >= 0.6 is 0 Å². The summed E-state index contributed by atoms with van der Waals surface area (Å²) in [6.07, 6.45) is 0. The van der Waals surface area contributed by atoms with Crippen LogP contribution < -0.4 is 10.5 Å². The number of hydrogen-bond donors (Lipinski definition) is 1. The van der Waals surface area contributed by atoms with Gasteiger partial charge < -0.3 is 14.9 Å². The fraction of sp³-hybridized carbons (Fsp3) is 0.333. The summed E-state index contributed by atoms with van der Waals surface area (Å²) >= 11 is 0. The second-order valence-electron chi connectivity index (χ2n) is 3.86. The van der Waals surface area contributed by atoms with E-state index in [0.29, 0.717) is 11.8 Å². The summed E-state index contributed by atoms with van der Waals surface area (Å²) in [4.78, 5) is 0. The molecule has 0 bridgehead atoms. The highest BCUT2D eigenvalue weighted by atomic mass is 16.5. The molecule has 0 aliphatic heterocycles. The highest BCUT2D eigenvalue weighted by Gasteiger charge is 2.04. The summed E-state index contributed by atoms with van der Waals surface area (Å²) < 4.78 is 10.7. The van der Waals surface area contributed by atoms with Crippen molar-refractivity contribution >= 4 is 0 Å². The van der Waals surface area contributed by atoms with Gasteiger partial charge in [0.2, 0.25) is 5.89 Å². The molecular formula is C12H15N3O2. The largest absolute Gasteiger partial charge is 0.484 e. The van der Waals surface area contributed by atoms with Gasteiger partial charge in [0.1, 0.15) is 5.75 Å². The van der Waals surface area contributed by atoms with Crippen molar-refractivity contribution in [2.24, 2.45) is 5.73 Å². The van der Waals surface area contributed by atoms with E-state index in [1.807, 2.05) is 31.2 Å². The first-order valence-corrected chi connectivity index (χ1v) is 5.42. The maximum absolute atomic E-state index is 5.76. The molecule has 1 aromatic heterocycles. The van der Waals surface area contributed by atoms with Crippen molar-refractivity contribution in [2.45, 2.75) is 26.5 Å². The van der Waals surface area contributed by atoms with Crippen LogP contribution in [-0.2, 0) is 6.61 Å². The lowest BCUT2D eigenvalue weighted by atomic mass is 10.1. The van der Waals surface area contributed by atoms with Crippen LogP contribution in [0.3, 0.4) is 0 Å². The highest BCUT2D eigenvalue weighted by molar-refractivity contribution is 5.28. The Morgan fingerprint density at radius 2 is 2.00 bits per heavy atom. The van der Waals surface area contributed by atoms with Gasteiger partial charge >= 0.3 is 0 Å². The molecule has 2 rings (SSSR count). The van der Waals surface area contributed by atoms with E-state index in [-0.39, 0.29) is 12.6 Å². The van der Waals surface area contributed by atoms with Crippen LogP contribution in [0.25, 0.3) is 0 Å². The first-order chi connectivity index (χ1) is 8.15. The van der Waals surface area contributed by atoms with Crippen molar-refractivity contribution < 1.29 is 9.15 Å². The van der Waals surface area contributed by atoms with Gasteiger partial charge in [-0.05, 0) is 24.6 Å². The third kappa shape index (κ3) is 3.04. The third-order valence-electron chi connectivity index (χ3n) is 2.34. The molecule has 1 aromatic carbocycles. The fourth-order valence-electron chi connectivity index (χ4n) is 1.41. The molecule has 0 aliphatic carbocycles. The van der Waals surface area contributed by atoms with E-state index >= 15 is 0 Å². The SMILES string of the molecule is Cc1nnc(COc2ccc(C(C)N)cc2)o1. The smallest absolute Gasteiger partial charge is 0.253 e. The van der Waals surface area contributed by atoms with Crippen molar-refractivity contribution in [1.29, 1.82) is 0 Å². The molecule has 17 heavy (non-hydrogen) atoms. The minimum absolute atomic E-state index is 0.0302. The van der Waals surface area contributed by atoms with Gasteiger partial charge in [-0.3, -0.25) is 0 Å². The van der Waals surface area contributed by atoms with Gasteiger partial charge in [-0.2, -0.15) is 0 Å². The summed E-state index contributed by atoms with van der Waals surface area (Å²) in [5.74, 6) is 1.76. The topological polar surface area (TPSA) is 74.2 Å². The van der Waals surface area contributed by atoms with E-state index < -0.39 is 0 Å². The van der Waals surface area contributed by atoms with Crippen LogP contribution in [0, 0.1) is 6.92 Å². The quantitative estimate of drug-likeness (QED) is 0.873. The number of benzene rings is 1. The predicted octanol–water partition coefficient (Wildman–Crippen LogP) is 1.98. The third-order valence-corrected chi connectivity index (χ3v) is 2.34. The van der Waals surface area contributed by atoms with Gasteiger partial charge in [0.25, 0.3) is 5.89 Å². The van der Waals surface area contributed by atoms with E-state index in [0.717, 1.165) is 11.3 Å². The van der Waals surface area contributed by atoms with Crippen molar-refractivity contribution in [3.63, 3.8) is 0 Å². The van der Waals surface area contributed by atoms with E-state index in [1.54, 1.807) is 6.92 Å². The molecule has 5 heteroatoms. The average molecular weight is 233 g/mol. The minimum Gasteiger partial charge on any atom is -0.484 e. The molecule has 0 aliphatic rings. The van der Waals surface area contributed by atoms with E-state index in [9.17, 15) is 0 Å². The maximum Gasteiger partial charge on any atom is 0.253 e. The molecule has 0 radical (unpaired) electrons. The number of ether oxygens (including phenoxy) is 1. The van der Waals surface area contributed by atoms with Gasteiger partial charge in [-0.1, -0.05) is 12.1 Å². The van der Waals surface area contributed by atoms with Gasteiger partial charge in [-0.15, -0.1) is 10.2 Å². The van der Waals surface area contributed by atoms with Crippen molar-refractivity contribution in [2.75, 3.05) is 0 Å². The monoisotopic (exact) mass is 233 g/mol. The summed E-state index contributed by atoms with van der Waals surface area (Å²) in [5.41, 5.74) is 6.83. The molecule has 90 valence electrons. The molecule has 1 heterocycles. The molecule has 0 saturated heterocycles. The molecule has 0 spiro atoms. The van der Waals surface area contributed by atoms with Crippen LogP contribution in [0.1, 0.15) is 30.3 Å². The van der Waals surface area contributed by atoms with Gasteiger partial charge in [0, 0.05) is 13.0 Å². The number of nitrogens with zero attached hydrogens (tertiary/aromatic N) is 2. The normalized spacial score (nSPS) is 12.4. The number of aryl methyl sites for hydroxylation is 1. The van der Waals surface area contributed by atoms with E-state index in [1.165, 1.54) is 0 Å². The summed E-state index contributed by atoms with van der Waals surface area (Å²) in [7, 11) is 0. The second kappa shape index (κ2) is 4.97. The zero-order chi connectivity index (χ0) is 12.3. The Labute approximate surface area is 99.6 Å². The van der Waals surface area contributed by atoms with Crippen LogP contribution in [0.5, 0.6) is 5.75 Å². The molecule has 1 unspecified atom stereocenters. The fourth-order valence-corrected chi connectivity index (χ4v) is 1.41. The molecule has 0 amide bonds. The van der Waals surface area contributed by atoms with Crippen molar-refractivity contribution in [3.05, 3.63) is 41.6 Å². The zero-order valence-corrected chi connectivity index (χ0v) is 9.88. The Morgan fingerprint density at radius 3 is 2.53 bits per heavy atom. The predicted molar refractivity (Wildman–Crippen MR) is 62.4 cm³/mol. The van der Waals surface area contributed by atoms with Crippen molar-refractivity contribution in [3.8, 4) is 5.75 Å². The van der Waals surface area contributed by atoms with Crippen molar-refractivity contribution in [1.82, 2.24) is 10.2 Å². The molecule has 1 atom stereocenters. The maximum atomic E-state index is 5.76. The number of nitrogens with two attached hydrogens (primary N) is 1. The summed E-state index contributed by atoms with van der Waals surface area (Å²) in [5, 5.41) is 7.57. The zero-order valence-electron chi connectivity index (χ0n) is 9.88. The second-order valence-corrected chi connectivity index (χ2v) is 3.86. The van der Waals surface area contributed by atoms with Crippen LogP contribution in [0.4, 0.5) is 0 Å². The Kier molecular flexibility index (Phi) is 3.39.